The molecule has 66 valence electrons. The van der Waals surface area contributed by atoms with Crippen LogP contribution in [-0.4, -0.2) is 13.7 Å². The summed E-state index contributed by atoms with van der Waals surface area (Å²) in [6.07, 6.45) is 3.85. The molecule has 0 amide bonds. The van der Waals surface area contributed by atoms with Crippen LogP contribution in [0.1, 0.15) is 32.6 Å². The largest absolute Gasteiger partial charge is 0.228 e. The zero-order valence-electron chi connectivity index (χ0n) is 6.79. The molecule has 0 aromatic heterocycles. The second-order valence-electron chi connectivity index (χ2n) is 3.34. The first-order valence-electron chi connectivity index (χ1n) is 4.05. The highest BCUT2D eigenvalue weighted by atomic mass is 32.2. The molecule has 1 aliphatic rings. The van der Waals surface area contributed by atoms with Crippen molar-refractivity contribution >= 4 is 10.0 Å². The summed E-state index contributed by atoms with van der Waals surface area (Å²) >= 11 is 0. The van der Waals surface area contributed by atoms with Crippen molar-refractivity contribution in [2.24, 2.45) is 11.1 Å². The average Bonchev–Trinajstić information content (AvgIpc) is 1.74. The topological polar surface area (TPSA) is 60.2 Å². The molecule has 0 bridgehead atoms. The van der Waals surface area contributed by atoms with Gasteiger partial charge in [0, 0.05) is 0 Å². The van der Waals surface area contributed by atoms with E-state index in [0.717, 1.165) is 25.7 Å². The highest BCUT2D eigenvalue weighted by molar-refractivity contribution is 7.89. The van der Waals surface area contributed by atoms with Crippen LogP contribution >= 0.6 is 0 Å². The van der Waals surface area contributed by atoms with Crippen molar-refractivity contribution in [3.8, 4) is 0 Å². The van der Waals surface area contributed by atoms with Crippen LogP contribution in [0.4, 0.5) is 0 Å². The lowest BCUT2D eigenvalue weighted by molar-refractivity contribution is 0.294. The average molecular weight is 177 g/mol. The van der Waals surface area contributed by atoms with Gasteiger partial charge in [-0.05, 0) is 18.8 Å². The Morgan fingerprint density at radius 2 is 2.00 bits per heavy atom. The molecule has 1 saturated carbocycles. The number of rotatable bonds is 3. The smallest absolute Gasteiger partial charge is 0.211 e. The quantitative estimate of drug-likeness (QED) is 0.694. The van der Waals surface area contributed by atoms with Gasteiger partial charge in [-0.2, -0.15) is 0 Å². The molecule has 1 aliphatic carbocycles. The van der Waals surface area contributed by atoms with Gasteiger partial charge in [-0.3, -0.25) is 0 Å². The summed E-state index contributed by atoms with van der Waals surface area (Å²) in [4.78, 5) is 0. The Labute approximate surface area is 68.0 Å². The number of nitrogens with two attached hydrogens (primary N) is 1. The lowest BCUT2D eigenvalue weighted by Gasteiger charge is -2.33. The molecule has 3 nitrogen and oxygen atoms in total. The molecule has 1 fully saturated rings. The van der Waals surface area contributed by atoms with Crippen molar-refractivity contribution in [2.75, 3.05) is 0 Å². The van der Waals surface area contributed by atoms with Crippen molar-refractivity contribution in [2.45, 2.75) is 37.9 Å². The Bertz CT molecular complexity index is 217. The van der Waals surface area contributed by atoms with Crippen LogP contribution in [0, 0.1) is 5.92 Å². The van der Waals surface area contributed by atoms with Crippen LogP contribution in [0.3, 0.4) is 0 Å². The number of hydrogen-bond donors (Lipinski definition) is 1. The van der Waals surface area contributed by atoms with E-state index in [2.05, 4.69) is 6.92 Å². The Kier molecular flexibility index (Phi) is 2.54. The zero-order valence-corrected chi connectivity index (χ0v) is 7.60. The van der Waals surface area contributed by atoms with E-state index in [9.17, 15) is 8.42 Å². The van der Waals surface area contributed by atoms with Crippen molar-refractivity contribution < 1.29 is 8.42 Å². The minimum Gasteiger partial charge on any atom is -0.228 e. The van der Waals surface area contributed by atoms with E-state index in [1.165, 1.54) is 0 Å². The fourth-order valence-electron chi connectivity index (χ4n) is 1.59. The Morgan fingerprint density at radius 1 is 1.45 bits per heavy atom. The Balaban J connectivity index is 2.30. The van der Waals surface area contributed by atoms with Crippen molar-refractivity contribution in [3.63, 3.8) is 0 Å². The van der Waals surface area contributed by atoms with Gasteiger partial charge in [0.15, 0.2) is 0 Å². The van der Waals surface area contributed by atoms with Gasteiger partial charge in [-0.15, -0.1) is 0 Å². The van der Waals surface area contributed by atoms with Crippen LogP contribution < -0.4 is 5.14 Å². The predicted octanol–water partition coefficient (Wildman–Crippen LogP) is 0.854. The minimum absolute atomic E-state index is 0.237. The highest BCUT2D eigenvalue weighted by Gasteiger charge is 2.35. The van der Waals surface area contributed by atoms with Gasteiger partial charge in [-0.25, -0.2) is 13.6 Å². The van der Waals surface area contributed by atoms with Crippen LogP contribution in [-0.2, 0) is 10.0 Å². The monoisotopic (exact) mass is 177 g/mol. The van der Waals surface area contributed by atoms with Gasteiger partial charge in [0.2, 0.25) is 10.0 Å². The zero-order chi connectivity index (χ0) is 8.48. The van der Waals surface area contributed by atoms with Crippen molar-refractivity contribution in [1.29, 1.82) is 0 Å². The molecular formula is C7H15NO2S. The summed E-state index contributed by atoms with van der Waals surface area (Å²) < 4.78 is 21.5. The Hall–Kier alpha value is -0.0900. The van der Waals surface area contributed by atoms with E-state index >= 15 is 0 Å². The molecule has 2 N–H and O–H groups in total. The normalized spacial score (nSPS) is 31.5. The maximum Gasteiger partial charge on any atom is 0.211 e. The van der Waals surface area contributed by atoms with Crippen LogP contribution in [0.2, 0.25) is 0 Å². The van der Waals surface area contributed by atoms with Crippen LogP contribution in [0.25, 0.3) is 0 Å². The molecule has 0 unspecified atom stereocenters. The lowest BCUT2D eigenvalue weighted by Crippen LogP contribution is -2.39. The minimum atomic E-state index is -3.22. The summed E-state index contributed by atoms with van der Waals surface area (Å²) in [7, 11) is -3.22. The summed E-state index contributed by atoms with van der Waals surface area (Å²) in [5, 5.41) is 4.73. The number of sulfonamides is 1. The molecule has 1 rings (SSSR count). The first-order valence-corrected chi connectivity index (χ1v) is 5.66. The molecule has 0 spiro atoms. The maximum atomic E-state index is 10.7. The fourth-order valence-corrected chi connectivity index (χ4v) is 2.67. The van der Waals surface area contributed by atoms with E-state index in [4.69, 9.17) is 5.14 Å². The van der Waals surface area contributed by atoms with Crippen molar-refractivity contribution in [3.05, 3.63) is 0 Å². The van der Waals surface area contributed by atoms with Gasteiger partial charge in [-0.1, -0.05) is 19.8 Å². The molecule has 11 heavy (non-hydrogen) atoms. The Morgan fingerprint density at radius 3 is 2.36 bits per heavy atom. The third-order valence-electron chi connectivity index (χ3n) is 2.35. The van der Waals surface area contributed by atoms with Gasteiger partial charge >= 0.3 is 0 Å². The van der Waals surface area contributed by atoms with Gasteiger partial charge in [0.1, 0.15) is 0 Å². The molecule has 0 heterocycles. The second kappa shape index (κ2) is 3.11. The van der Waals surface area contributed by atoms with E-state index in [-0.39, 0.29) is 5.25 Å². The first kappa shape index (κ1) is 9.00. The van der Waals surface area contributed by atoms with E-state index in [0.29, 0.717) is 5.92 Å². The summed E-state index contributed by atoms with van der Waals surface area (Å²) in [6.45, 7) is 2.12. The second-order valence-corrected chi connectivity index (χ2v) is 5.18. The van der Waals surface area contributed by atoms with E-state index < -0.39 is 10.0 Å². The lowest BCUT2D eigenvalue weighted by atomic mass is 9.82. The molecule has 0 atom stereocenters. The van der Waals surface area contributed by atoms with Gasteiger partial charge in [0.25, 0.3) is 0 Å². The standard InChI is InChI=1S/C7H15NO2S/c1-2-3-6-4-7(5-6)11(8,9)10/h6-7H,2-5H2,1H3,(H2,8,9,10). The summed E-state index contributed by atoms with van der Waals surface area (Å²) in [6, 6.07) is 0. The first-order chi connectivity index (χ1) is 5.04. The summed E-state index contributed by atoms with van der Waals surface area (Å²) in [5.74, 6) is 0.614. The number of hydrogen-bond acceptors (Lipinski definition) is 2. The molecule has 0 aromatic rings. The van der Waals surface area contributed by atoms with Crippen LogP contribution in [0.15, 0.2) is 0 Å². The van der Waals surface area contributed by atoms with Crippen LogP contribution in [0.5, 0.6) is 0 Å². The third kappa shape index (κ3) is 2.17. The number of primary sulfonamides is 1. The van der Waals surface area contributed by atoms with Gasteiger partial charge in [0.05, 0.1) is 5.25 Å². The van der Waals surface area contributed by atoms with Gasteiger partial charge < -0.3 is 0 Å². The van der Waals surface area contributed by atoms with Crippen molar-refractivity contribution in [1.82, 2.24) is 0 Å². The SMILES string of the molecule is CCCC1CC(S(N)(=O)=O)C1. The maximum absolute atomic E-state index is 10.7. The molecule has 0 aliphatic heterocycles. The molecule has 4 heteroatoms. The van der Waals surface area contributed by atoms with E-state index in [1.54, 1.807) is 0 Å². The van der Waals surface area contributed by atoms with E-state index in [1.807, 2.05) is 0 Å². The summed E-state index contributed by atoms with van der Waals surface area (Å²) in [5.41, 5.74) is 0. The molecule has 0 aromatic carbocycles. The fraction of sp³-hybridized carbons (Fsp3) is 1.00. The third-order valence-corrected chi connectivity index (χ3v) is 3.67. The molecule has 0 saturated heterocycles. The predicted molar refractivity (Wildman–Crippen MR) is 44.5 cm³/mol. The molecule has 0 radical (unpaired) electrons. The highest BCUT2D eigenvalue weighted by Crippen LogP contribution is 2.34. The molecular weight excluding hydrogens is 162 g/mol.